The van der Waals surface area contributed by atoms with Gasteiger partial charge in [0.15, 0.2) is 0 Å². The maximum absolute atomic E-state index is 13.4. The summed E-state index contributed by atoms with van der Waals surface area (Å²) in [6.07, 6.45) is 1.75. The minimum absolute atomic E-state index is 0.305. The molecule has 0 spiro atoms. The Morgan fingerprint density at radius 3 is 2.83 bits per heavy atom. The first-order chi connectivity index (χ1) is 8.56. The number of nitrogens with one attached hydrogen (secondary N) is 1. The summed E-state index contributed by atoms with van der Waals surface area (Å²) in [7, 11) is 1.87. The molecule has 1 N–H and O–H groups in total. The predicted octanol–water partition coefficient (Wildman–Crippen LogP) is 3.17. The van der Waals surface area contributed by atoms with Gasteiger partial charge in [-0.1, -0.05) is 0 Å². The number of hydrogen-bond acceptors (Lipinski definition) is 2. The van der Waals surface area contributed by atoms with E-state index in [-0.39, 0.29) is 5.82 Å². The second-order valence-corrected chi connectivity index (χ2v) is 4.99. The van der Waals surface area contributed by atoms with Crippen LogP contribution in [0.1, 0.15) is 5.69 Å². The summed E-state index contributed by atoms with van der Waals surface area (Å²) in [5.74, 6) is 0.397. The van der Waals surface area contributed by atoms with Gasteiger partial charge >= 0.3 is 0 Å². The highest BCUT2D eigenvalue weighted by molar-refractivity contribution is 9.10. The van der Waals surface area contributed by atoms with E-state index in [1.165, 1.54) is 6.07 Å². The lowest BCUT2D eigenvalue weighted by atomic mass is 10.2. The van der Waals surface area contributed by atoms with E-state index in [9.17, 15) is 4.39 Å². The van der Waals surface area contributed by atoms with Gasteiger partial charge in [0, 0.05) is 18.8 Å². The van der Waals surface area contributed by atoms with E-state index >= 15 is 0 Å². The summed E-state index contributed by atoms with van der Waals surface area (Å²) < 4.78 is 15.6. The molecule has 92 valence electrons. The number of aryl methyl sites for hydroxylation is 1. The van der Waals surface area contributed by atoms with Crippen LogP contribution in [0.4, 0.5) is 4.39 Å². The highest BCUT2D eigenvalue weighted by Crippen LogP contribution is 2.26. The first-order valence-electron chi connectivity index (χ1n) is 5.40. The van der Waals surface area contributed by atoms with Crippen LogP contribution in [0.25, 0.3) is 22.4 Å². The normalized spacial score (nSPS) is 11.3. The van der Waals surface area contributed by atoms with Gasteiger partial charge in [0.2, 0.25) is 0 Å². The number of aromatic nitrogens is 4. The third-order valence-corrected chi connectivity index (χ3v) is 3.62. The molecule has 0 fully saturated rings. The van der Waals surface area contributed by atoms with Crippen LogP contribution in [-0.2, 0) is 7.05 Å². The molecule has 0 amide bonds. The number of hydrogen-bond donors (Lipinski definition) is 1. The maximum atomic E-state index is 13.4. The summed E-state index contributed by atoms with van der Waals surface area (Å²) in [5, 5.41) is 4.17. The second kappa shape index (κ2) is 3.91. The van der Waals surface area contributed by atoms with E-state index < -0.39 is 0 Å². The van der Waals surface area contributed by atoms with E-state index in [2.05, 4.69) is 31.0 Å². The summed E-state index contributed by atoms with van der Waals surface area (Å²) in [6.45, 7) is 1.96. The molecule has 2 heterocycles. The van der Waals surface area contributed by atoms with Gasteiger partial charge in [0.25, 0.3) is 0 Å². The molecule has 6 heteroatoms. The van der Waals surface area contributed by atoms with Crippen LogP contribution < -0.4 is 0 Å². The molecule has 3 aromatic rings. The predicted molar refractivity (Wildman–Crippen MR) is 70.7 cm³/mol. The SMILES string of the molecule is Cc1c(-c2nc3cc(Br)c(F)cc3[nH]2)cnn1C. The van der Waals surface area contributed by atoms with Crippen molar-refractivity contribution in [3.8, 4) is 11.4 Å². The van der Waals surface area contributed by atoms with Gasteiger partial charge in [-0.25, -0.2) is 9.37 Å². The Morgan fingerprint density at radius 2 is 2.17 bits per heavy atom. The van der Waals surface area contributed by atoms with Crippen molar-refractivity contribution in [2.45, 2.75) is 6.92 Å². The maximum Gasteiger partial charge on any atom is 0.141 e. The highest BCUT2D eigenvalue weighted by Gasteiger charge is 2.12. The largest absolute Gasteiger partial charge is 0.338 e. The van der Waals surface area contributed by atoms with Gasteiger partial charge in [0.1, 0.15) is 11.6 Å². The highest BCUT2D eigenvalue weighted by atomic mass is 79.9. The van der Waals surface area contributed by atoms with E-state index in [0.717, 1.165) is 16.8 Å². The van der Waals surface area contributed by atoms with E-state index in [1.807, 2.05) is 14.0 Å². The molecule has 0 saturated carbocycles. The minimum Gasteiger partial charge on any atom is -0.338 e. The number of rotatable bonds is 1. The number of nitrogens with zero attached hydrogens (tertiary/aromatic N) is 3. The molecule has 0 aliphatic rings. The molecule has 0 aliphatic heterocycles. The molecule has 0 atom stereocenters. The molecular weight excluding hydrogens is 299 g/mol. The van der Waals surface area contributed by atoms with E-state index in [4.69, 9.17) is 0 Å². The summed E-state index contributed by atoms with van der Waals surface area (Å²) >= 11 is 3.16. The fraction of sp³-hybridized carbons (Fsp3) is 0.167. The Kier molecular flexibility index (Phi) is 2.48. The summed E-state index contributed by atoms with van der Waals surface area (Å²) in [5.41, 5.74) is 3.33. The standard InChI is InChI=1S/C12H10BrFN4/c1-6-7(5-15-18(6)2)12-16-10-3-8(13)9(14)4-11(10)17-12/h3-5H,1-2H3,(H,16,17). The van der Waals surface area contributed by atoms with E-state index in [0.29, 0.717) is 15.8 Å². The Bertz CT molecular complexity index is 705. The summed E-state index contributed by atoms with van der Waals surface area (Å²) in [6, 6.07) is 3.10. The molecular formula is C12H10BrFN4. The van der Waals surface area contributed by atoms with Crippen LogP contribution in [0.3, 0.4) is 0 Å². The zero-order valence-electron chi connectivity index (χ0n) is 9.83. The molecule has 0 saturated heterocycles. The van der Waals surface area contributed by atoms with Crippen molar-refractivity contribution in [2.75, 3.05) is 0 Å². The van der Waals surface area contributed by atoms with Gasteiger partial charge in [-0.15, -0.1) is 0 Å². The fourth-order valence-corrected chi connectivity index (χ4v) is 2.19. The molecule has 0 bridgehead atoms. The lowest BCUT2D eigenvalue weighted by Gasteiger charge is -1.95. The summed E-state index contributed by atoms with van der Waals surface area (Å²) in [4.78, 5) is 7.56. The number of aromatic amines is 1. The quantitative estimate of drug-likeness (QED) is 0.750. The molecule has 0 aliphatic carbocycles. The van der Waals surface area contributed by atoms with Crippen molar-refractivity contribution in [1.29, 1.82) is 0 Å². The second-order valence-electron chi connectivity index (χ2n) is 4.14. The first-order valence-corrected chi connectivity index (χ1v) is 6.19. The molecule has 4 nitrogen and oxygen atoms in total. The number of benzene rings is 1. The Labute approximate surface area is 111 Å². The third kappa shape index (κ3) is 1.64. The molecule has 2 aromatic heterocycles. The lowest BCUT2D eigenvalue weighted by Crippen LogP contribution is -1.92. The zero-order valence-corrected chi connectivity index (χ0v) is 11.4. The number of H-pyrrole nitrogens is 1. The van der Waals surface area contributed by atoms with Gasteiger partial charge in [-0.05, 0) is 28.9 Å². The molecule has 3 rings (SSSR count). The number of fused-ring (bicyclic) bond motifs is 1. The van der Waals surface area contributed by atoms with Gasteiger partial charge in [0.05, 0.1) is 27.3 Å². The van der Waals surface area contributed by atoms with Crippen molar-refractivity contribution < 1.29 is 4.39 Å². The van der Waals surface area contributed by atoms with Gasteiger partial charge < -0.3 is 4.98 Å². The topological polar surface area (TPSA) is 46.5 Å². The van der Waals surface area contributed by atoms with Gasteiger partial charge in [-0.3, -0.25) is 4.68 Å². The van der Waals surface area contributed by atoms with Crippen LogP contribution >= 0.6 is 15.9 Å². The van der Waals surface area contributed by atoms with Crippen molar-refractivity contribution >= 4 is 27.0 Å². The van der Waals surface area contributed by atoms with Crippen molar-refractivity contribution in [3.05, 3.63) is 34.3 Å². The van der Waals surface area contributed by atoms with Crippen LogP contribution in [-0.4, -0.2) is 19.7 Å². The van der Waals surface area contributed by atoms with Crippen LogP contribution in [0.5, 0.6) is 0 Å². The lowest BCUT2D eigenvalue weighted by molar-refractivity contribution is 0.623. The van der Waals surface area contributed by atoms with Gasteiger partial charge in [-0.2, -0.15) is 5.10 Å². The Hall–Kier alpha value is -1.69. The van der Waals surface area contributed by atoms with Crippen LogP contribution in [0.15, 0.2) is 22.8 Å². The van der Waals surface area contributed by atoms with Crippen LogP contribution in [0.2, 0.25) is 0 Å². The average molecular weight is 309 g/mol. The molecule has 0 unspecified atom stereocenters. The van der Waals surface area contributed by atoms with Crippen LogP contribution in [0, 0.1) is 12.7 Å². The molecule has 1 aromatic carbocycles. The Morgan fingerprint density at radius 1 is 1.39 bits per heavy atom. The number of imidazole rings is 1. The minimum atomic E-state index is -0.305. The monoisotopic (exact) mass is 308 g/mol. The Balaban J connectivity index is 2.22. The fourth-order valence-electron chi connectivity index (χ4n) is 1.86. The molecule has 18 heavy (non-hydrogen) atoms. The van der Waals surface area contributed by atoms with Crippen molar-refractivity contribution in [2.24, 2.45) is 7.05 Å². The number of halogens is 2. The third-order valence-electron chi connectivity index (χ3n) is 3.01. The van der Waals surface area contributed by atoms with Crippen molar-refractivity contribution in [3.63, 3.8) is 0 Å². The smallest absolute Gasteiger partial charge is 0.141 e. The average Bonchev–Trinajstić information content (AvgIpc) is 2.85. The van der Waals surface area contributed by atoms with Crippen molar-refractivity contribution in [1.82, 2.24) is 19.7 Å². The first kappa shape index (κ1) is 11.4. The van der Waals surface area contributed by atoms with E-state index in [1.54, 1.807) is 16.9 Å². The molecule has 0 radical (unpaired) electrons. The zero-order chi connectivity index (χ0) is 12.9.